The van der Waals surface area contributed by atoms with Crippen molar-refractivity contribution >= 4 is 17.5 Å². The van der Waals surface area contributed by atoms with Gasteiger partial charge in [0.15, 0.2) is 0 Å². The molecule has 2 unspecified atom stereocenters. The summed E-state index contributed by atoms with van der Waals surface area (Å²) in [4.78, 5) is 16.5. The van der Waals surface area contributed by atoms with Crippen molar-refractivity contribution < 1.29 is 4.74 Å². The van der Waals surface area contributed by atoms with Gasteiger partial charge in [-0.3, -0.25) is 4.57 Å². The van der Waals surface area contributed by atoms with E-state index in [1.807, 2.05) is 6.92 Å². The highest BCUT2D eigenvalue weighted by atomic mass is 35.5. The molecule has 7 nitrogen and oxygen atoms in total. The molecule has 0 amide bonds. The Labute approximate surface area is 121 Å². The molecule has 0 spiro atoms. The highest BCUT2D eigenvalue weighted by Gasteiger charge is 2.23. The number of nitrogens with one attached hydrogen (secondary N) is 1. The van der Waals surface area contributed by atoms with Crippen molar-refractivity contribution in [3.8, 4) is 5.95 Å². The van der Waals surface area contributed by atoms with Crippen LogP contribution >= 0.6 is 11.6 Å². The molecular weight excluding hydrogens is 280 g/mol. The molecule has 20 heavy (non-hydrogen) atoms. The summed E-state index contributed by atoms with van der Waals surface area (Å²) in [6.45, 7) is 2.86. The van der Waals surface area contributed by atoms with Gasteiger partial charge in [0.1, 0.15) is 6.33 Å². The molecule has 0 aliphatic carbocycles. The second-order valence-electron chi connectivity index (χ2n) is 4.68. The zero-order valence-corrected chi connectivity index (χ0v) is 11.8. The summed E-state index contributed by atoms with van der Waals surface area (Å²) < 4.78 is 7.31. The molecule has 2 aromatic rings. The van der Waals surface area contributed by atoms with E-state index in [1.165, 1.54) is 0 Å². The molecule has 1 aliphatic rings. The number of rotatable bonds is 4. The van der Waals surface area contributed by atoms with Gasteiger partial charge in [0.25, 0.3) is 0 Å². The van der Waals surface area contributed by atoms with Crippen LogP contribution in [-0.4, -0.2) is 43.3 Å². The standard InChI is InChI=1S/C12H15ClN6O/c1-8(9-3-2-6-20-9)15-11-16-10(13)17-12(18-11)19-5-4-14-7-19/h4-5,7-9H,2-3,6H2,1H3,(H,15,16,17,18). The van der Waals surface area contributed by atoms with Crippen molar-refractivity contribution in [2.24, 2.45) is 0 Å². The second-order valence-corrected chi connectivity index (χ2v) is 5.02. The molecule has 3 rings (SSSR count). The Hall–Kier alpha value is -1.73. The Balaban J connectivity index is 1.79. The van der Waals surface area contributed by atoms with Crippen LogP contribution in [0.15, 0.2) is 18.7 Å². The molecular formula is C12H15ClN6O. The predicted octanol–water partition coefficient (Wildman–Crippen LogP) is 1.69. The van der Waals surface area contributed by atoms with E-state index in [-0.39, 0.29) is 17.4 Å². The van der Waals surface area contributed by atoms with Crippen LogP contribution in [0.4, 0.5) is 5.95 Å². The summed E-state index contributed by atoms with van der Waals surface area (Å²) >= 11 is 5.94. The predicted molar refractivity (Wildman–Crippen MR) is 74.0 cm³/mol. The van der Waals surface area contributed by atoms with Crippen LogP contribution in [0.1, 0.15) is 19.8 Å². The molecule has 2 aromatic heterocycles. The van der Waals surface area contributed by atoms with Crippen LogP contribution in [0.3, 0.4) is 0 Å². The molecule has 1 aliphatic heterocycles. The Morgan fingerprint density at radius 2 is 2.35 bits per heavy atom. The molecule has 106 valence electrons. The smallest absolute Gasteiger partial charge is 0.241 e. The highest BCUT2D eigenvalue weighted by molar-refractivity contribution is 6.28. The normalized spacial score (nSPS) is 20.0. The molecule has 1 N–H and O–H groups in total. The Kier molecular flexibility index (Phi) is 3.79. The van der Waals surface area contributed by atoms with Crippen molar-refractivity contribution in [2.45, 2.75) is 31.9 Å². The van der Waals surface area contributed by atoms with Crippen LogP contribution in [0, 0.1) is 0 Å². The SMILES string of the molecule is CC(Nc1nc(Cl)nc(-n2ccnc2)n1)C1CCCO1. The van der Waals surface area contributed by atoms with Crippen LogP contribution in [0.25, 0.3) is 5.95 Å². The van der Waals surface area contributed by atoms with Crippen molar-refractivity contribution in [1.29, 1.82) is 0 Å². The molecule has 2 atom stereocenters. The minimum Gasteiger partial charge on any atom is -0.376 e. The maximum Gasteiger partial charge on any atom is 0.241 e. The first-order chi connectivity index (χ1) is 9.72. The highest BCUT2D eigenvalue weighted by Crippen LogP contribution is 2.18. The number of hydrogen-bond acceptors (Lipinski definition) is 6. The number of halogens is 1. The van der Waals surface area contributed by atoms with Gasteiger partial charge in [0.05, 0.1) is 12.1 Å². The zero-order chi connectivity index (χ0) is 13.9. The van der Waals surface area contributed by atoms with Gasteiger partial charge in [-0.25, -0.2) is 4.98 Å². The first-order valence-corrected chi connectivity index (χ1v) is 6.88. The number of ether oxygens (including phenoxy) is 1. The molecule has 0 bridgehead atoms. The van der Waals surface area contributed by atoms with Gasteiger partial charge in [-0.1, -0.05) is 0 Å². The quantitative estimate of drug-likeness (QED) is 0.924. The summed E-state index contributed by atoms with van der Waals surface area (Å²) in [6.07, 6.45) is 7.33. The van der Waals surface area contributed by atoms with Crippen molar-refractivity contribution in [1.82, 2.24) is 24.5 Å². The third-order valence-corrected chi connectivity index (χ3v) is 3.38. The van der Waals surface area contributed by atoms with Gasteiger partial charge >= 0.3 is 0 Å². The molecule has 0 radical (unpaired) electrons. The van der Waals surface area contributed by atoms with Crippen LogP contribution < -0.4 is 5.32 Å². The minimum absolute atomic E-state index is 0.117. The van der Waals surface area contributed by atoms with E-state index in [0.29, 0.717) is 11.9 Å². The number of hydrogen-bond donors (Lipinski definition) is 1. The summed E-state index contributed by atoms with van der Waals surface area (Å²) in [5.41, 5.74) is 0. The van der Waals surface area contributed by atoms with Crippen molar-refractivity contribution in [2.75, 3.05) is 11.9 Å². The maximum atomic E-state index is 5.94. The van der Waals surface area contributed by atoms with E-state index in [1.54, 1.807) is 23.3 Å². The molecule has 1 saturated heterocycles. The van der Waals surface area contributed by atoms with Crippen molar-refractivity contribution in [3.63, 3.8) is 0 Å². The fourth-order valence-corrected chi connectivity index (χ4v) is 2.35. The monoisotopic (exact) mass is 294 g/mol. The number of aromatic nitrogens is 5. The van der Waals surface area contributed by atoms with E-state index in [0.717, 1.165) is 19.4 Å². The molecule has 0 saturated carbocycles. The Morgan fingerprint density at radius 1 is 1.45 bits per heavy atom. The summed E-state index contributed by atoms with van der Waals surface area (Å²) in [5.74, 6) is 0.876. The third kappa shape index (κ3) is 2.88. The lowest BCUT2D eigenvalue weighted by Gasteiger charge is -2.20. The second kappa shape index (κ2) is 5.72. The van der Waals surface area contributed by atoms with E-state index >= 15 is 0 Å². The Bertz CT molecular complexity index is 569. The zero-order valence-electron chi connectivity index (χ0n) is 11.0. The van der Waals surface area contributed by atoms with E-state index in [4.69, 9.17) is 16.3 Å². The number of anilines is 1. The summed E-state index contributed by atoms with van der Waals surface area (Å²) in [5, 5.41) is 3.37. The van der Waals surface area contributed by atoms with Gasteiger partial charge < -0.3 is 10.1 Å². The Morgan fingerprint density at radius 3 is 3.05 bits per heavy atom. The lowest BCUT2D eigenvalue weighted by Crippen LogP contribution is -2.31. The van der Waals surface area contributed by atoms with Crippen LogP contribution in [0.5, 0.6) is 0 Å². The topological polar surface area (TPSA) is 77.8 Å². The maximum absolute atomic E-state index is 5.94. The summed E-state index contributed by atoms with van der Waals surface area (Å²) in [7, 11) is 0. The van der Waals surface area contributed by atoms with E-state index in [2.05, 4.69) is 25.3 Å². The first kappa shape index (κ1) is 13.3. The number of nitrogens with zero attached hydrogens (tertiary/aromatic N) is 5. The van der Waals surface area contributed by atoms with Crippen LogP contribution in [-0.2, 0) is 4.74 Å². The van der Waals surface area contributed by atoms with Gasteiger partial charge in [-0.05, 0) is 31.4 Å². The largest absolute Gasteiger partial charge is 0.376 e. The molecule has 3 heterocycles. The lowest BCUT2D eigenvalue weighted by atomic mass is 10.1. The lowest BCUT2D eigenvalue weighted by molar-refractivity contribution is 0.0994. The fourth-order valence-electron chi connectivity index (χ4n) is 2.19. The van der Waals surface area contributed by atoms with Gasteiger partial charge in [-0.15, -0.1) is 0 Å². The van der Waals surface area contributed by atoms with Gasteiger partial charge in [0, 0.05) is 19.0 Å². The molecule has 8 heteroatoms. The first-order valence-electron chi connectivity index (χ1n) is 6.50. The molecule has 1 fully saturated rings. The van der Waals surface area contributed by atoms with Crippen LogP contribution in [0.2, 0.25) is 5.28 Å². The molecule has 0 aromatic carbocycles. The average Bonchev–Trinajstić information content (AvgIpc) is 3.12. The van der Waals surface area contributed by atoms with Gasteiger partial charge in [0.2, 0.25) is 17.2 Å². The van der Waals surface area contributed by atoms with Crippen molar-refractivity contribution in [3.05, 3.63) is 24.0 Å². The average molecular weight is 295 g/mol. The van der Waals surface area contributed by atoms with E-state index < -0.39 is 0 Å². The van der Waals surface area contributed by atoms with E-state index in [9.17, 15) is 0 Å². The van der Waals surface area contributed by atoms with Gasteiger partial charge in [-0.2, -0.15) is 15.0 Å². The third-order valence-electron chi connectivity index (χ3n) is 3.21. The minimum atomic E-state index is 0.117. The summed E-state index contributed by atoms with van der Waals surface area (Å²) in [6, 6.07) is 0.117. The fraction of sp³-hybridized carbons (Fsp3) is 0.500. The number of imidazole rings is 1.